The molecule has 0 radical (unpaired) electrons. The summed E-state index contributed by atoms with van der Waals surface area (Å²) in [6.07, 6.45) is 1.82. The summed E-state index contributed by atoms with van der Waals surface area (Å²) < 4.78 is 24.7. The number of hydrogen-bond donors (Lipinski definition) is 1. The summed E-state index contributed by atoms with van der Waals surface area (Å²) in [5.74, 6) is -0.871. The lowest BCUT2D eigenvalue weighted by atomic mass is 9.80. The summed E-state index contributed by atoms with van der Waals surface area (Å²) in [6, 6.07) is 9.88. The van der Waals surface area contributed by atoms with E-state index in [1.165, 1.54) is 5.56 Å². The van der Waals surface area contributed by atoms with Gasteiger partial charge in [-0.25, -0.2) is 0 Å². The van der Waals surface area contributed by atoms with E-state index in [1.54, 1.807) is 0 Å². The van der Waals surface area contributed by atoms with Crippen LogP contribution in [0.5, 0.6) is 0 Å². The van der Waals surface area contributed by atoms with Crippen molar-refractivity contribution in [2.75, 3.05) is 0 Å². The Morgan fingerprint density at radius 1 is 1.21 bits per heavy atom. The first-order valence-corrected chi connectivity index (χ1v) is 6.79. The first-order valence-electron chi connectivity index (χ1n) is 6.79. The second kappa shape index (κ2) is 6.64. The summed E-state index contributed by atoms with van der Waals surface area (Å²) in [5.41, 5.74) is 1.20. The predicted molar refractivity (Wildman–Crippen MR) is 70.0 cm³/mol. The van der Waals surface area contributed by atoms with Crippen molar-refractivity contribution in [2.24, 2.45) is 5.92 Å². The van der Waals surface area contributed by atoms with Gasteiger partial charge in [0, 0.05) is 6.04 Å². The van der Waals surface area contributed by atoms with Crippen molar-refractivity contribution in [1.29, 1.82) is 0 Å². The van der Waals surface area contributed by atoms with Crippen LogP contribution in [0.4, 0.5) is 8.78 Å². The molecule has 1 aromatic rings. The predicted octanol–water partition coefficient (Wildman–Crippen LogP) is 3.17. The highest BCUT2D eigenvalue weighted by atomic mass is 19.3. The normalized spacial score (nSPS) is 23.3. The van der Waals surface area contributed by atoms with Crippen LogP contribution in [0.3, 0.4) is 0 Å². The molecule has 0 aliphatic heterocycles. The van der Waals surface area contributed by atoms with Gasteiger partial charge < -0.3 is 5.32 Å². The highest BCUT2D eigenvalue weighted by Crippen LogP contribution is 2.27. The Bertz CT molecular complexity index is 408. The van der Waals surface area contributed by atoms with E-state index in [0.29, 0.717) is 0 Å². The lowest BCUT2D eigenvalue weighted by molar-refractivity contribution is -0.133. The van der Waals surface area contributed by atoms with E-state index in [-0.39, 0.29) is 12.0 Å². The zero-order valence-corrected chi connectivity index (χ0v) is 10.8. The van der Waals surface area contributed by atoms with Crippen molar-refractivity contribution >= 4 is 5.91 Å². The highest BCUT2D eigenvalue weighted by molar-refractivity contribution is 5.79. The molecule has 4 heteroatoms. The molecule has 2 rings (SSSR count). The number of rotatable bonds is 4. The van der Waals surface area contributed by atoms with Crippen LogP contribution in [0.25, 0.3) is 0 Å². The Labute approximate surface area is 112 Å². The number of hydrogen-bond acceptors (Lipinski definition) is 1. The van der Waals surface area contributed by atoms with Crippen molar-refractivity contribution < 1.29 is 13.6 Å². The van der Waals surface area contributed by atoms with Gasteiger partial charge in [0.1, 0.15) is 0 Å². The van der Waals surface area contributed by atoms with Gasteiger partial charge in [0.05, 0.1) is 0 Å². The summed E-state index contributed by atoms with van der Waals surface area (Å²) >= 11 is 0. The summed E-state index contributed by atoms with van der Waals surface area (Å²) in [7, 11) is 0. The third-order valence-electron chi connectivity index (χ3n) is 3.78. The van der Waals surface area contributed by atoms with E-state index in [1.807, 2.05) is 30.3 Å². The number of amides is 1. The van der Waals surface area contributed by atoms with Gasteiger partial charge in [-0.15, -0.1) is 0 Å². The second-order valence-electron chi connectivity index (χ2n) is 5.15. The number of alkyl halides is 2. The molecule has 2 unspecified atom stereocenters. The molecule has 1 aliphatic rings. The number of carbonyl (C=O) groups excluding carboxylic acids is 1. The summed E-state index contributed by atoms with van der Waals surface area (Å²) in [6.45, 7) is 0. The summed E-state index contributed by atoms with van der Waals surface area (Å²) in [5, 5.41) is 2.50. The van der Waals surface area contributed by atoms with Gasteiger partial charge in [-0.05, 0) is 30.7 Å². The number of halogens is 2. The highest BCUT2D eigenvalue weighted by Gasteiger charge is 2.28. The van der Waals surface area contributed by atoms with Gasteiger partial charge in [-0.1, -0.05) is 43.2 Å². The molecule has 0 heterocycles. The van der Waals surface area contributed by atoms with Crippen LogP contribution in [-0.2, 0) is 11.2 Å². The Balaban J connectivity index is 1.98. The number of carbonyl (C=O) groups is 1. The quantitative estimate of drug-likeness (QED) is 0.892. The van der Waals surface area contributed by atoms with Crippen LogP contribution in [0.2, 0.25) is 0 Å². The van der Waals surface area contributed by atoms with E-state index in [0.717, 1.165) is 32.1 Å². The average molecular weight is 267 g/mol. The smallest absolute Gasteiger partial charge is 0.315 e. The SMILES string of the molecule is O=C(NC1CCCCC1Cc1ccccc1)C(F)F. The van der Waals surface area contributed by atoms with Gasteiger partial charge in [-0.3, -0.25) is 4.79 Å². The fourth-order valence-electron chi connectivity index (χ4n) is 2.80. The van der Waals surface area contributed by atoms with Gasteiger partial charge in [0.2, 0.25) is 0 Å². The molecule has 0 saturated heterocycles. The zero-order chi connectivity index (χ0) is 13.7. The molecular weight excluding hydrogens is 248 g/mol. The van der Waals surface area contributed by atoms with E-state index in [9.17, 15) is 13.6 Å². The Morgan fingerprint density at radius 2 is 1.89 bits per heavy atom. The van der Waals surface area contributed by atoms with Crippen LogP contribution in [-0.4, -0.2) is 18.4 Å². The zero-order valence-electron chi connectivity index (χ0n) is 10.8. The van der Waals surface area contributed by atoms with Crippen molar-refractivity contribution in [3.05, 3.63) is 35.9 Å². The van der Waals surface area contributed by atoms with Crippen molar-refractivity contribution in [1.82, 2.24) is 5.32 Å². The van der Waals surface area contributed by atoms with E-state index in [2.05, 4.69) is 5.32 Å². The molecule has 1 N–H and O–H groups in total. The van der Waals surface area contributed by atoms with E-state index in [4.69, 9.17) is 0 Å². The Hall–Kier alpha value is -1.45. The second-order valence-corrected chi connectivity index (χ2v) is 5.15. The molecule has 0 spiro atoms. The molecule has 2 nitrogen and oxygen atoms in total. The lowest BCUT2D eigenvalue weighted by Gasteiger charge is -2.32. The Morgan fingerprint density at radius 3 is 2.58 bits per heavy atom. The number of nitrogens with one attached hydrogen (secondary N) is 1. The lowest BCUT2D eigenvalue weighted by Crippen LogP contribution is -2.45. The largest absolute Gasteiger partial charge is 0.348 e. The van der Waals surface area contributed by atoms with Gasteiger partial charge >= 0.3 is 6.43 Å². The summed E-state index contributed by atoms with van der Waals surface area (Å²) in [4.78, 5) is 11.1. The molecule has 1 amide bonds. The minimum atomic E-state index is -2.92. The molecular formula is C15H19F2NO. The van der Waals surface area contributed by atoms with Gasteiger partial charge in [0.15, 0.2) is 0 Å². The molecule has 19 heavy (non-hydrogen) atoms. The van der Waals surface area contributed by atoms with Crippen LogP contribution < -0.4 is 5.32 Å². The van der Waals surface area contributed by atoms with E-state index < -0.39 is 12.3 Å². The topological polar surface area (TPSA) is 29.1 Å². The molecule has 2 atom stereocenters. The molecule has 1 aliphatic carbocycles. The van der Waals surface area contributed by atoms with Crippen LogP contribution in [0, 0.1) is 5.92 Å². The molecule has 0 aromatic heterocycles. The van der Waals surface area contributed by atoms with E-state index >= 15 is 0 Å². The standard InChI is InChI=1S/C15H19F2NO/c16-14(17)15(19)18-13-9-5-4-8-12(13)10-11-6-2-1-3-7-11/h1-3,6-7,12-14H,4-5,8-10H2,(H,18,19). The van der Waals surface area contributed by atoms with Crippen LogP contribution in [0.15, 0.2) is 30.3 Å². The molecule has 0 bridgehead atoms. The van der Waals surface area contributed by atoms with Gasteiger partial charge in [-0.2, -0.15) is 8.78 Å². The fraction of sp³-hybridized carbons (Fsp3) is 0.533. The Kier molecular flexibility index (Phi) is 4.88. The maximum atomic E-state index is 12.3. The third kappa shape index (κ3) is 4.01. The van der Waals surface area contributed by atoms with Crippen molar-refractivity contribution in [3.8, 4) is 0 Å². The third-order valence-corrected chi connectivity index (χ3v) is 3.78. The maximum Gasteiger partial charge on any atom is 0.315 e. The average Bonchev–Trinajstić information content (AvgIpc) is 2.42. The molecule has 1 fully saturated rings. The van der Waals surface area contributed by atoms with Crippen molar-refractivity contribution in [2.45, 2.75) is 44.6 Å². The molecule has 1 aromatic carbocycles. The molecule has 1 saturated carbocycles. The first-order chi connectivity index (χ1) is 9.16. The minimum absolute atomic E-state index is 0.115. The monoisotopic (exact) mass is 267 g/mol. The first kappa shape index (κ1) is 14.0. The van der Waals surface area contributed by atoms with Crippen molar-refractivity contribution in [3.63, 3.8) is 0 Å². The maximum absolute atomic E-state index is 12.3. The van der Waals surface area contributed by atoms with Crippen LogP contribution in [0.1, 0.15) is 31.2 Å². The number of benzene rings is 1. The van der Waals surface area contributed by atoms with Crippen LogP contribution >= 0.6 is 0 Å². The van der Waals surface area contributed by atoms with Gasteiger partial charge in [0.25, 0.3) is 5.91 Å². The minimum Gasteiger partial charge on any atom is -0.348 e. The fourth-order valence-corrected chi connectivity index (χ4v) is 2.80. The molecule has 104 valence electrons.